The molecule has 0 bridgehead atoms. The minimum atomic E-state index is 0.146. The molecule has 0 amide bonds. The Morgan fingerprint density at radius 3 is 3.10 bits per heavy atom. The number of ether oxygens (including phenoxy) is 1. The molecule has 1 aliphatic rings. The Labute approximate surface area is 117 Å². The number of nitrogens with two attached hydrogens (primary N) is 1. The number of oxime groups is 1. The number of hydrogen-bond acceptors (Lipinski definition) is 3. The quantitative estimate of drug-likeness (QED) is 0.388. The number of nitrogens with zero attached hydrogens (tertiary/aromatic N) is 2. The first-order chi connectivity index (χ1) is 9.79. The van der Waals surface area contributed by atoms with Gasteiger partial charge in [-0.15, -0.1) is 0 Å². The first kappa shape index (κ1) is 13.0. The number of benzene rings is 1. The average molecular weight is 273 g/mol. The molecule has 0 saturated carbocycles. The molecule has 1 aromatic carbocycles. The second-order valence-corrected chi connectivity index (χ2v) is 5.16. The average Bonchev–Trinajstić information content (AvgIpc) is 3.13. The van der Waals surface area contributed by atoms with Gasteiger partial charge in [-0.25, -0.2) is 0 Å². The summed E-state index contributed by atoms with van der Waals surface area (Å²) in [7, 11) is 0. The van der Waals surface area contributed by atoms with Crippen LogP contribution in [0, 0.1) is 0 Å². The first-order valence-corrected chi connectivity index (χ1v) is 6.97. The third-order valence-electron chi connectivity index (χ3n) is 3.91. The maximum atomic E-state index is 8.84. The maximum Gasteiger partial charge on any atom is 0.170 e. The van der Waals surface area contributed by atoms with E-state index in [1.807, 2.05) is 24.4 Å². The number of fused-ring (bicyclic) bond motifs is 1. The topological polar surface area (TPSA) is 72.8 Å². The van der Waals surface area contributed by atoms with Gasteiger partial charge in [0.2, 0.25) is 0 Å². The molecule has 1 saturated heterocycles. The van der Waals surface area contributed by atoms with Gasteiger partial charge in [-0.2, -0.15) is 0 Å². The zero-order valence-electron chi connectivity index (χ0n) is 11.3. The summed E-state index contributed by atoms with van der Waals surface area (Å²) >= 11 is 0. The van der Waals surface area contributed by atoms with Gasteiger partial charge >= 0.3 is 0 Å². The Bertz CT molecular complexity index is 627. The van der Waals surface area contributed by atoms with E-state index in [-0.39, 0.29) is 5.84 Å². The van der Waals surface area contributed by atoms with E-state index in [0.717, 1.165) is 42.5 Å². The van der Waals surface area contributed by atoms with Gasteiger partial charge in [-0.3, -0.25) is 0 Å². The second-order valence-electron chi connectivity index (χ2n) is 5.16. The van der Waals surface area contributed by atoms with Crippen LogP contribution >= 0.6 is 0 Å². The molecule has 1 aromatic heterocycles. The number of aryl methyl sites for hydroxylation is 1. The molecule has 3 rings (SSSR count). The van der Waals surface area contributed by atoms with E-state index in [1.54, 1.807) is 0 Å². The number of rotatable bonds is 4. The van der Waals surface area contributed by atoms with Crippen molar-refractivity contribution in [3.8, 4) is 0 Å². The molecule has 2 aromatic rings. The highest BCUT2D eigenvalue weighted by atomic mass is 16.5. The minimum Gasteiger partial charge on any atom is -0.409 e. The summed E-state index contributed by atoms with van der Waals surface area (Å²) in [5.41, 5.74) is 7.58. The van der Waals surface area contributed by atoms with Crippen molar-refractivity contribution in [3.05, 3.63) is 36.0 Å². The third kappa shape index (κ3) is 2.36. The fourth-order valence-electron chi connectivity index (χ4n) is 2.85. The van der Waals surface area contributed by atoms with Crippen LogP contribution in [0.3, 0.4) is 0 Å². The Balaban J connectivity index is 1.85. The SMILES string of the molecule is N/C(=N/O)c1cccc2c1ccn2CCC1CCCO1. The summed E-state index contributed by atoms with van der Waals surface area (Å²) in [6, 6.07) is 7.86. The maximum absolute atomic E-state index is 8.84. The van der Waals surface area contributed by atoms with Crippen LogP contribution in [0.1, 0.15) is 24.8 Å². The Kier molecular flexibility index (Phi) is 3.60. The van der Waals surface area contributed by atoms with Crippen molar-refractivity contribution in [2.24, 2.45) is 10.9 Å². The van der Waals surface area contributed by atoms with Crippen molar-refractivity contribution >= 4 is 16.7 Å². The summed E-state index contributed by atoms with van der Waals surface area (Å²) in [6.07, 6.45) is 5.80. The van der Waals surface area contributed by atoms with E-state index >= 15 is 0 Å². The highest BCUT2D eigenvalue weighted by molar-refractivity contribution is 6.08. The summed E-state index contributed by atoms with van der Waals surface area (Å²) < 4.78 is 7.86. The van der Waals surface area contributed by atoms with Crippen molar-refractivity contribution in [1.82, 2.24) is 4.57 Å². The predicted molar refractivity (Wildman–Crippen MR) is 78.0 cm³/mol. The Hall–Kier alpha value is -2.01. The molecule has 1 aliphatic heterocycles. The van der Waals surface area contributed by atoms with E-state index in [0.29, 0.717) is 6.10 Å². The fourth-order valence-corrected chi connectivity index (χ4v) is 2.85. The van der Waals surface area contributed by atoms with Crippen LogP contribution in [0.4, 0.5) is 0 Å². The highest BCUT2D eigenvalue weighted by Gasteiger charge is 2.16. The van der Waals surface area contributed by atoms with Crippen molar-refractivity contribution < 1.29 is 9.94 Å². The lowest BCUT2D eigenvalue weighted by atomic mass is 10.1. The molecular weight excluding hydrogens is 254 g/mol. The normalized spacial score (nSPS) is 19.8. The molecule has 5 nitrogen and oxygen atoms in total. The number of hydrogen-bond donors (Lipinski definition) is 2. The van der Waals surface area contributed by atoms with Crippen molar-refractivity contribution in [2.75, 3.05) is 6.61 Å². The lowest BCUT2D eigenvalue weighted by Gasteiger charge is -2.11. The van der Waals surface area contributed by atoms with Gasteiger partial charge in [0.25, 0.3) is 0 Å². The van der Waals surface area contributed by atoms with Crippen LogP contribution in [-0.2, 0) is 11.3 Å². The minimum absolute atomic E-state index is 0.146. The Morgan fingerprint density at radius 1 is 1.45 bits per heavy atom. The Morgan fingerprint density at radius 2 is 2.35 bits per heavy atom. The highest BCUT2D eigenvalue weighted by Crippen LogP contribution is 2.22. The van der Waals surface area contributed by atoms with Crippen molar-refractivity contribution in [2.45, 2.75) is 31.9 Å². The van der Waals surface area contributed by atoms with Gasteiger partial charge < -0.3 is 20.2 Å². The van der Waals surface area contributed by atoms with E-state index < -0.39 is 0 Å². The molecule has 0 spiro atoms. The predicted octanol–water partition coefficient (Wildman–Crippen LogP) is 2.30. The van der Waals surface area contributed by atoms with Crippen LogP contribution in [0.25, 0.3) is 10.9 Å². The van der Waals surface area contributed by atoms with E-state index in [9.17, 15) is 0 Å². The standard InChI is InChI=1S/C15H19N3O2/c16-15(17-19)13-4-1-5-14-12(13)7-9-18(14)8-6-11-3-2-10-20-11/h1,4-5,7,9,11,19H,2-3,6,8,10H2,(H2,16,17). The number of aromatic nitrogens is 1. The molecule has 1 fully saturated rings. The largest absolute Gasteiger partial charge is 0.409 e. The van der Waals surface area contributed by atoms with Gasteiger partial charge in [-0.1, -0.05) is 17.3 Å². The zero-order valence-corrected chi connectivity index (χ0v) is 11.3. The van der Waals surface area contributed by atoms with E-state index in [4.69, 9.17) is 15.7 Å². The summed E-state index contributed by atoms with van der Waals surface area (Å²) in [5, 5.41) is 12.9. The summed E-state index contributed by atoms with van der Waals surface area (Å²) in [4.78, 5) is 0. The van der Waals surface area contributed by atoms with Crippen LogP contribution in [0.15, 0.2) is 35.6 Å². The van der Waals surface area contributed by atoms with Gasteiger partial charge in [-0.05, 0) is 31.4 Å². The molecule has 2 heterocycles. The van der Waals surface area contributed by atoms with Crippen molar-refractivity contribution in [3.63, 3.8) is 0 Å². The molecular formula is C15H19N3O2. The molecule has 5 heteroatoms. The van der Waals surface area contributed by atoms with Gasteiger partial charge in [0.1, 0.15) is 0 Å². The molecule has 1 unspecified atom stereocenters. The first-order valence-electron chi connectivity index (χ1n) is 6.97. The zero-order chi connectivity index (χ0) is 13.9. The van der Waals surface area contributed by atoms with Gasteiger partial charge in [0.15, 0.2) is 5.84 Å². The molecule has 1 atom stereocenters. The number of amidine groups is 1. The van der Waals surface area contributed by atoms with Gasteiger partial charge in [0.05, 0.1) is 6.10 Å². The van der Waals surface area contributed by atoms with Crippen LogP contribution in [0.2, 0.25) is 0 Å². The summed E-state index contributed by atoms with van der Waals surface area (Å²) in [5.74, 6) is 0.146. The molecule has 20 heavy (non-hydrogen) atoms. The molecule has 0 radical (unpaired) electrons. The lowest BCUT2D eigenvalue weighted by Crippen LogP contribution is -2.13. The molecule has 0 aliphatic carbocycles. The van der Waals surface area contributed by atoms with Gasteiger partial charge in [0, 0.05) is 35.8 Å². The smallest absolute Gasteiger partial charge is 0.170 e. The molecule has 106 valence electrons. The van der Waals surface area contributed by atoms with Crippen LogP contribution in [0.5, 0.6) is 0 Å². The summed E-state index contributed by atoms with van der Waals surface area (Å²) in [6.45, 7) is 1.82. The second kappa shape index (κ2) is 5.54. The van der Waals surface area contributed by atoms with Crippen LogP contribution in [-0.4, -0.2) is 28.3 Å². The van der Waals surface area contributed by atoms with E-state index in [2.05, 4.69) is 15.8 Å². The fraction of sp³-hybridized carbons (Fsp3) is 0.400. The van der Waals surface area contributed by atoms with Crippen molar-refractivity contribution in [1.29, 1.82) is 0 Å². The molecule has 3 N–H and O–H groups in total. The van der Waals surface area contributed by atoms with Crippen LogP contribution < -0.4 is 5.73 Å². The lowest BCUT2D eigenvalue weighted by molar-refractivity contribution is 0.101. The monoisotopic (exact) mass is 273 g/mol. The third-order valence-corrected chi connectivity index (χ3v) is 3.91. The van der Waals surface area contributed by atoms with E-state index in [1.165, 1.54) is 6.42 Å².